The van der Waals surface area contributed by atoms with Crippen LogP contribution in [0.25, 0.3) is 0 Å². The smallest absolute Gasteiger partial charge is 0.235 e. The fraction of sp³-hybridized carbons (Fsp3) is 0.333. The lowest BCUT2D eigenvalue weighted by atomic mass is 10.0. The number of carbonyl (C=O) groups excluding carboxylic acids is 1. The van der Waals surface area contributed by atoms with Crippen molar-refractivity contribution in [1.82, 2.24) is 10.2 Å². The predicted molar refractivity (Wildman–Crippen MR) is 85.8 cm³/mol. The van der Waals surface area contributed by atoms with Crippen LogP contribution in [0, 0.1) is 6.92 Å². The minimum atomic E-state index is -0.0576. The summed E-state index contributed by atoms with van der Waals surface area (Å²) in [6, 6.07) is 5.68. The van der Waals surface area contributed by atoms with Crippen molar-refractivity contribution in [2.75, 3.05) is 25.3 Å². The highest BCUT2D eigenvalue weighted by Crippen LogP contribution is 2.46. The van der Waals surface area contributed by atoms with E-state index in [1.54, 1.807) is 26.0 Å². The van der Waals surface area contributed by atoms with Crippen LogP contribution in [-0.4, -0.2) is 36.1 Å². The van der Waals surface area contributed by atoms with Gasteiger partial charge in [0.2, 0.25) is 5.91 Å². The fourth-order valence-corrected chi connectivity index (χ4v) is 3.76. The van der Waals surface area contributed by atoms with E-state index in [1.165, 1.54) is 0 Å². The van der Waals surface area contributed by atoms with Crippen molar-refractivity contribution in [2.24, 2.45) is 0 Å². The number of nitrogens with zero attached hydrogens (tertiary/aromatic N) is 1. The maximum absolute atomic E-state index is 11.9. The molecular weight excluding hydrogens is 302 g/mol. The number of hydrogen-bond donors (Lipinski definition) is 2. The van der Waals surface area contributed by atoms with Crippen molar-refractivity contribution in [2.45, 2.75) is 12.2 Å². The lowest BCUT2D eigenvalue weighted by Crippen LogP contribution is -2.12. The van der Waals surface area contributed by atoms with Crippen LogP contribution in [0.3, 0.4) is 0 Å². The first kappa shape index (κ1) is 14.8. The SMILES string of the molecule is COc1ccc(OC)c([C@H]2SCC(=O)Nc3n[nH]c(C)c32)c1. The number of carbonyl (C=O) groups is 1. The Labute approximate surface area is 132 Å². The minimum Gasteiger partial charge on any atom is -0.497 e. The zero-order valence-electron chi connectivity index (χ0n) is 12.6. The third kappa shape index (κ3) is 2.52. The van der Waals surface area contributed by atoms with Gasteiger partial charge in [0.15, 0.2) is 5.82 Å². The van der Waals surface area contributed by atoms with E-state index in [1.807, 2.05) is 25.1 Å². The van der Waals surface area contributed by atoms with Gasteiger partial charge in [0, 0.05) is 16.8 Å². The van der Waals surface area contributed by atoms with Gasteiger partial charge in [0.05, 0.1) is 25.2 Å². The summed E-state index contributed by atoms with van der Waals surface area (Å²) in [6.45, 7) is 1.95. The molecule has 0 saturated carbocycles. The fourth-order valence-electron chi connectivity index (χ4n) is 2.55. The van der Waals surface area contributed by atoms with Crippen molar-refractivity contribution in [3.8, 4) is 11.5 Å². The van der Waals surface area contributed by atoms with E-state index in [0.29, 0.717) is 11.6 Å². The highest BCUT2D eigenvalue weighted by atomic mass is 32.2. The standard InChI is InChI=1S/C15H17N3O3S/c1-8-13-14(22-7-12(19)16-15(13)18-17-8)10-6-9(20-2)4-5-11(10)21-3/h4-6,14H,7H2,1-3H3,(H2,16,17,18,19)/t14-/m1/s1. The van der Waals surface area contributed by atoms with Crippen LogP contribution in [0.5, 0.6) is 11.5 Å². The molecule has 6 nitrogen and oxygen atoms in total. The predicted octanol–water partition coefficient (Wildman–Crippen LogP) is 2.51. The van der Waals surface area contributed by atoms with Crippen LogP contribution in [-0.2, 0) is 4.79 Å². The topological polar surface area (TPSA) is 76.2 Å². The summed E-state index contributed by atoms with van der Waals surface area (Å²) >= 11 is 1.55. The van der Waals surface area contributed by atoms with Crippen molar-refractivity contribution >= 4 is 23.5 Å². The number of H-pyrrole nitrogens is 1. The quantitative estimate of drug-likeness (QED) is 0.909. The van der Waals surface area contributed by atoms with E-state index < -0.39 is 0 Å². The Kier molecular flexibility index (Phi) is 3.98. The molecule has 0 fully saturated rings. The zero-order chi connectivity index (χ0) is 15.7. The van der Waals surface area contributed by atoms with Gasteiger partial charge in [-0.15, -0.1) is 11.8 Å². The molecule has 1 atom stereocenters. The Balaban J connectivity index is 2.15. The van der Waals surface area contributed by atoms with E-state index in [-0.39, 0.29) is 11.2 Å². The third-order valence-corrected chi connectivity index (χ3v) is 4.87. The summed E-state index contributed by atoms with van der Waals surface area (Å²) in [4.78, 5) is 11.9. The van der Waals surface area contributed by atoms with Crippen molar-refractivity contribution in [1.29, 1.82) is 0 Å². The largest absolute Gasteiger partial charge is 0.497 e. The number of thioether (sulfide) groups is 1. The number of aromatic nitrogens is 2. The summed E-state index contributed by atoms with van der Waals surface area (Å²) in [5.41, 5.74) is 2.87. The molecule has 7 heteroatoms. The van der Waals surface area contributed by atoms with Gasteiger partial charge in [0.25, 0.3) is 0 Å². The summed E-state index contributed by atoms with van der Waals surface area (Å²) < 4.78 is 10.8. The van der Waals surface area contributed by atoms with Gasteiger partial charge in [-0.1, -0.05) is 0 Å². The van der Waals surface area contributed by atoms with E-state index in [2.05, 4.69) is 15.5 Å². The van der Waals surface area contributed by atoms with Crippen molar-refractivity contribution in [3.63, 3.8) is 0 Å². The van der Waals surface area contributed by atoms with Gasteiger partial charge >= 0.3 is 0 Å². The minimum absolute atomic E-state index is 0.0536. The van der Waals surface area contributed by atoms with Crippen LogP contribution in [0.2, 0.25) is 0 Å². The number of ether oxygens (including phenoxy) is 2. The van der Waals surface area contributed by atoms with Crippen LogP contribution >= 0.6 is 11.8 Å². The number of fused-ring (bicyclic) bond motifs is 1. The molecule has 3 rings (SSSR count). The molecule has 0 bridgehead atoms. The van der Waals surface area contributed by atoms with Gasteiger partial charge < -0.3 is 14.8 Å². The van der Waals surface area contributed by atoms with Crippen LogP contribution < -0.4 is 14.8 Å². The van der Waals surface area contributed by atoms with Gasteiger partial charge in [0.1, 0.15) is 11.5 Å². The second-order valence-corrected chi connectivity index (χ2v) is 6.05. The van der Waals surface area contributed by atoms with E-state index in [9.17, 15) is 4.79 Å². The van der Waals surface area contributed by atoms with Gasteiger partial charge in [-0.2, -0.15) is 5.10 Å². The first-order valence-electron chi connectivity index (χ1n) is 6.82. The van der Waals surface area contributed by atoms with Gasteiger partial charge in [-0.25, -0.2) is 0 Å². The number of nitrogens with one attached hydrogen (secondary N) is 2. The summed E-state index contributed by atoms with van der Waals surface area (Å²) in [6.07, 6.45) is 0. The van der Waals surface area contributed by atoms with Crippen molar-refractivity contribution in [3.05, 3.63) is 35.0 Å². The molecule has 1 aliphatic rings. The zero-order valence-corrected chi connectivity index (χ0v) is 13.4. The molecule has 116 valence electrons. The molecule has 2 N–H and O–H groups in total. The first-order valence-corrected chi connectivity index (χ1v) is 7.87. The molecule has 0 radical (unpaired) electrons. The lowest BCUT2D eigenvalue weighted by molar-refractivity contribution is -0.113. The number of anilines is 1. The van der Waals surface area contributed by atoms with E-state index >= 15 is 0 Å². The first-order chi connectivity index (χ1) is 10.6. The number of amides is 1. The van der Waals surface area contributed by atoms with Crippen molar-refractivity contribution < 1.29 is 14.3 Å². The second kappa shape index (κ2) is 5.92. The number of hydrogen-bond acceptors (Lipinski definition) is 5. The third-order valence-electron chi connectivity index (χ3n) is 3.61. The molecule has 1 aliphatic heterocycles. The Morgan fingerprint density at radius 3 is 2.86 bits per heavy atom. The molecule has 0 spiro atoms. The van der Waals surface area contributed by atoms with Gasteiger partial charge in [-0.05, 0) is 25.1 Å². The molecule has 0 saturated heterocycles. The average molecular weight is 319 g/mol. The monoisotopic (exact) mass is 319 g/mol. The van der Waals surface area contributed by atoms with Crippen LogP contribution in [0.15, 0.2) is 18.2 Å². The molecule has 22 heavy (non-hydrogen) atoms. The number of aromatic amines is 1. The highest BCUT2D eigenvalue weighted by Gasteiger charge is 2.30. The Morgan fingerprint density at radius 2 is 2.14 bits per heavy atom. The molecule has 2 aromatic rings. The molecule has 1 aromatic heterocycles. The molecule has 0 aliphatic carbocycles. The maximum Gasteiger partial charge on any atom is 0.235 e. The Bertz CT molecular complexity index is 714. The Hall–Kier alpha value is -2.15. The number of methoxy groups -OCH3 is 2. The molecule has 0 unspecified atom stereocenters. The number of aryl methyl sites for hydroxylation is 1. The molecular formula is C15H17N3O3S. The summed E-state index contributed by atoms with van der Waals surface area (Å²) in [5, 5.41) is 9.92. The van der Waals surface area contributed by atoms with Crippen LogP contribution in [0.1, 0.15) is 22.1 Å². The highest BCUT2D eigenvalue weighted by molar-refractivity contribution is 8.00. The van der Waals surface area contributed by atoms with E-state index in [4.69, 9.17) is 9.47 Å². The lowest BCUT2D eigenvalue weighted by Gasteiger charge is -2.19. The summed E-state index contributed by atoms with van der Waals surface area (Å²) in [7, 11) is 3.27. The molecule has 1 amide bonds. The van der Waals surface area contributed by atoms with E-state index in [0.717, 1.165) is 28.3 Å². The molecule has 1 aromatic carbocycles. The normalized spacial score (nSPS) is 17.4. The van der Waals surface area contributed by atoms with Gasteiger partial charge in [-0.3, -0.25) is 9.89 Å². The number of benzene rings is 1. The average Bonchev–Trinajstić information content (AvgIpc) is 2.79. The number of rotatable bonds is 3. The molecule has 2 heterocycles. The summed E-state index contributed by atoms with van der Waals surface area (Å²) in [5.74, 6) is 2.41. The second-order valence-electron chi connectivity index (χ2n) is 4.96. The van der Waals surface area contributed by atoms with Crippen LogP contribution in [0.4, 0.5) is 5.82 Å². The maximum atomic E-state index is 11.9. The Morgan fingerprint density at radius 1 is 1.32 bits per heavy atom.